The Labute approximate surface area is 225 Å². The standard InChI is InChI=1S/C28H25N3O6S/c1-17(32)29-20-9-11-21(12-10-20)37-16-19-14-18(8-13-24(19)35-2)15-22-26(33)30-28(38)31(27(22)34)23-6-4-5-7-25(23)36-3/h4-15H,16H2,1-3H3,(H,29,32)(H,30,33,38)/b22-15+. The molecule has 0 atom stereocenters. The van der Waals surface area contributed by atoms with Crippen molar-refractivity contribution in [3.8, 4) is 17.2 Å². The summed E-state index contributed by atoms with van der Waals surface area (Å²) in [6, 6.07) is 19.1. The quantitative estimate of drug-likeness (QED) is 0.256. The minimum absolute atomic E-state index is 0.0324. The lowest BCUT2D eigenvalue weighted by Crippen LogP contribution is -2.54. The maximum absolute atomic E-state index is 13.4. The highest BCUT2D eigenvalue weighted by Gasteiger charge is 2.35. The fraction of sp³-hybridized carbons (Fsp3) is 0.143. The second kappa shape index (κ2) is 11.6. The zero-order chi connectivity index (χ0) is 27.2. The predicted octanol–water partition coefficient (Wildman–Crippen LogP) is 4.07. The Bertz CT molecular complexity index is 1430. The van der Waals surface area contributed by atoms with Crippen LogP contribution in [0.2, 0.25) is 0 Å². The predicted molar refractivity (Wildman–Crippen MR) is 147 cm³/mol. The van der Waals surface area contributed by atoms with Crippen LogP contribution in [-0.2, 0) is 21.0 Å². The molecule has 0 spiro atoms. The second-order valence-electron chi connectivity index (χ2n) is 8.20. The molecule has 1 aliphatic rings. The molecule has 10 heteroatoms. The minimum Gasteiger partial charge on any atom is -0.496 e. The van der Waals surface area contributed by atoms with Crippen molar-refractivity contribution in [1.82, 2.24) is 5.32 Å². The molecule has 2 N–H and O–H groups in total. The SMILES string of the molecule is COc1ccc(/C=C2\C(=O)NC(=S)N(c3ccccc3OC)C2=O)cc1COc1ccc(NC(C)=O)cc1. The Morgan fingerprint density at radius 2 is 1.71 bits per heavy atom. The third kappa shape index (κ3) is 5.81. The molecule has 0 unspecified atom stereocenters. The number of nitrogens with one attached hydrogen (secondary N) is 2. The van der Waals surface area contributed by atoms with Gasteiger partial charge in [0.15, 0.2) is 5.11 Å². The summed E-state index contributed by atoms with van der Waals surface area (Å²) in [6.45, 7) is 1.60. The molecule has 0 bridgehead atoms. The van der Waals surface area contributed by atoms with E-state index in [-0.39, 0.29) is 23.2 Å². The minimum atomic E-state index is -0.598. The van der Waals surface area contributed by atoms with Crippen LogP contribution in [0.1, 0.15) is 18.1 Å². The van der Waals surface area contributed by atoms with Crippen molar-refractivity contribution in [2.24, 2.45) is 0 Å². The number of para-hydroxylation sites is 2. The number of hydrogen-bond acceptors (Lipinski definition) is 7. The highest BCUT2D eigenvalue weighted by Crippen LogP contribution is 2.31. The van der Waals surface area contributed by atoms with Gasteiger partial charge in [0.1, 0.15) is 29.4 Å². The summed E-state index contributed by atoms with van der Waals surface area (Å²) < 4.78 is 16.7. The maximum Gasteiger partial charge on any atom is 0.270 e. The fourth-order valence-corrected chi connectivity index (χ4v) is 4.13. The molecule has 4 rings (SSSR count). The van der Waals surface area contributed by atoms with E-state index in [1.54, 1.807) is 73.8 Å². The zero-order valence-corrected chi connectivity index (χ0v) is 21.8. The van der Waals surface area contributed by atoms with Gasteiger partial charge in [-0.25, -0.2) is 4.90 Å². The van der Waals surface area contributed by atoms with E-state index >= 15 is 0 Å². The monoisotopic (exact) mass is 531 g/mol. The highest BCUT2D eigenvalue weighted by atomic mass is 32.1. The van der Waals surface area contributed by atoms with Crippen LogP contribution in [0, 0.1) is 0 Å². The smallest absolute Gasteiger partial charge is 0.270 e. The van der Waals surface area contributed by atoms with Crippen LogP contribution >= 0.6 is 12.2 Å². The number of ether oxygens (including phenoxy) is 3. The third-order valence-corrected chi connectivity index (χ3v) is 5.90. The summed E-state index contributed by atoms with van der Waals surface area (Å²) >= 11 is 5.29. The number of carbonyl (C=O) groups is 3. The molecular weight excluding hydrogens is 506 g/mol. The first-order valence-electron chi connectivity index (χ1n) is 11.5. The van der Waals surface area contributed by atoms with Gasteiger partial charge in [-0.15, -0.1) is 0 Å². The van der Waals surface area contributed by atoms with Gasteiger partial charge < -0.3 is 19.5 Å². The molecule has 0 aromatic heterocycles. The van der Waals surface area contributed by atoms with E-state index in [4.69, 9.17) is 26.4 Å². The average molecular weight is 532 g/mol. The lowest BCUT2D eigenvalue weighted by atomic mass is 10.0. The summed E-state index contributed by atoms with van der Waals surface area (Å²) in [7, 11) is 3.04. The number of carbonyl (C=O) groups excluding carboxylic acids is 3. The molecule has 1 fully saturated rings. The van der Waals surface area contributed by atoms with Crippen molar-refractivity contribution in [2.45, 2.75) is 13.5 Å². The van der Waals surface area contributed by atoms with Crippen LogP contribution in [0.3, 0.4) is 0 Å². The van der Waals surface area contributed by atoms with E-state index in [0.717, 1.165) is 0 Å². The van der Waals surface area contributed by atoms with Gasteiger partial charge in [0.2, 0.25) is 5.91 Å². The first-order valence-corrected chi connectivity index (χ1v) is 11.9. The lowest BCUT2D eigenvalue weighted by Gasteiger charge is -2.29. The van der Waals surface area contributed by atoms with Gasteiger partial charge in [-0.3, -0.25) is 19.7 Å². The van der Waals surface area contributed by atoms with E-state index in [0.29, 0.717) is 39.8 Å². The van der Waals surface area contributed by atoms with Gasteiger partial charge in [-0.05, 0) is 72.4 Å². The van der Waals surface area contributed by atoms with Crippen LogP contribution in [-0.4, -0.2) is 37.1 Å². The molecule has 1 heterocycles. The van der Waals surface area contributed by atoms with E-state index in [2.05, 4.69) is 10.6 Å². The fourth-order valence-electron chi connectivity index (χ4n) is 3.86. The van der Waals surface area contributed by atoms with E-state index < -0.39 is 11.8 Å². The van der Waals surface area contributed by atoms with Crippen molar-refractivity contribution in [3.05, 3.63) is 83.4 Å². The Morgan fingerprint density at radius 1 is 1.00 bits per heavy atom. The summed E-state index contributed by atoms with van der Waals surface area (Å²) in [5.74, 6) is 0.279. The van der Waals surface area contributed by atoms with E-state index in [1.807, 2.05) is 0 Å². The number of nitrogens with zero attached hydrogens (tertiary/aromatic N) is 1. The van der Waals surface area contributed by atoms with Crippen molar-refractivity contribution in [2.75, 3.05) is 24.4 Å². The first kappa shape index (κ1) is 26.4. The topological polar surface area (TPSA) is 106 Å². The van der Waals surface area contributed by atoms with Gasteiger partial charge in [0, 0.05) is 18.2 Å². The van der Waals surface area contributed by atoms with Crippen molar-refractivity contribution in [3.63, 3.8) is 0 Å². The summed E-state index contributed by atoms with van der Waals surface area (Å²) in [5.41, 5.74) is 2.29. The molecule has 0 saturated carbocycles. The summed E-state index contributed by atoms with van der Waals surface area (Å²) in [4.78, 5) is 38.6. The number of thiocarbonyl (C=S) groups is 1. The Morgan fingerprint density at radius 3 is 2.39 bits per heavy atom. The maximum atomic E-state index is 13.4. The molecule has 3 aromatic rings. The Balaban J connectivity index is 1.59. The molecular formula is C28H25N3O6S. The van der Waals surface area contributed by atoms with E-state index in [9.17, 15) is 14.4 Å². The van der Waals surface area contributed by atoms with Crippen LogP contribution < -0.4 is 29.7 Å². The van der Waals surface area contributed by atoms with Crippen LogP contribution in [0.5, 0.6) is 17.2 Å². The average Bonchev–Trinajstić information content (AvgIpc) is 2.90. The molecule has 194 valence electrons. The number of benzene rings is 3. The summed E-state index contributed by atoms with van der Waals surface area (Å²) in [6.07, 6.45) is 1.49. The van der Waals surface area contributed by atoms with Gasteiger partial charge in [0.05, 0.1) is 19.9 Å². The van der Waals surface area contributed by atoms with E-state index in [1.165, 1.54) is 25.0 Å². The van der Waals surface area contributed by atoms with Crippen molar-refractivity contribution < 1.29 is 28.6 Å². The molecule has 0 radical (unpaired) electrons. The van der Waals surface area contributed by atoms with Crippen molar-refractivity contribution in [1.29, 1.82) is 0 Å². The normalized spacial score (nSPS) is 14.2. The second-order valence-corrected chi connectivity index (χ2v) is 8.58. The van der Waals surface area contributed by atoms with Gasteiger partial charge in [-0.2, -0.15) is 0 Å². The number of methoxy groups -OCH3 is 2. The number of anilines is 2. The van der Waals surface area contributed by atoms with Gasteiger partial charge in [0.25, 0.3) is 11.8 Å². The number of amides is 3. The highest BCUT2D eigenvalue weighted by molar-refractivity contribution is 7.80. The molecule has 1 aliphatic heterocycles. The molecule has 1 saturated heterocycles. The number of hydrogen-bond donors (Lipinski definition) is 2. The van der Waals surface area contributed by atoms with Crippen molar-refractivity contribution >= 4 is 52.5 Å². The third-order valence-electron chi connectivity index (χ3n) is 5.61. The Kier molecular flexibility index (Phi) is 8.03. The molecule has 3 amide bonds. The lowest BCUT2D eigenvalue weighted by molar-refractivity contribution is -0.122. The largest absolute Gasteiger partial charge is 0.496 e. The van der Waals surface area contributed by atoms with Crippen LogP contribution in [0.25, 0.3) is 6.08 Å². The van der Waals surface area contributed by atoms with Gasteiger partial charge >= 0.3 is 0 Å². The van der Waals surface area contributed by atoms with Crippen LogP contribution in [0.15, 0.2) is 72.3 Å². The number of rotatable bonds is 8. The van der Waals surface area contributed by atoms with Crippen LogP contribution in [0.4, 0.5) is 11.4 Å². The Hall–Kier alpha value is -4.70. The molecule has 9 nitrogen and oxygen atoms in total. The van der Waals surface area contributed by atoms with Gasteiger partial charge in [-0.1, -0.05) is 18.2 Å². The molecule has 3 aromatic carbocycles. The molecule has 38 heavy (non-hydrogen) atoms. The first-order chi connectivity index (χ1) is 18.3. The summed E-state index contributed by atoms with van der Waals surface area (Å²) in [5, 5.41) is 5.25. The molecule has 0 aliphatic carbocycles. The zero-order valence-electron chi connectivity index (χ0n) is 20.9.